The molecular weight excluding hydrogens is 236 g/mol. The minimum atomic E-state index is -4.10. The van der Waals surface area contributed by atoms with Gasteiger partial charge < -0.3 is 0 Å². The summed E-state index contributed by atoms with van der Waals surface area (Å²) in [5.41, 5.74) is 0.436. The van der Waals surface area contributed by atoms with Crippen LogP contribution in [0.25, 0.3) is 0 Å². The topological polar surface area (TPSA) is 113 Å². The summed E-state index contributed by atoms with van der Waals surface area (Å²) in [7, 11) is -4.10. The van der Waals surface area contributed by atoms with Crippen molar-refractivity contribution in [2.24, 2.45) is 5.14 Å². The molecule has 7 nitrogen and oxygen atoms in total. The van der Waals surface area contributed by atoms with Crippen molar-refractivity contribution in [1.82, 2.24) is 0 Å². The Balaban J connectivity index is 3.05. The number of hydrogen-bond donors (Lipinski definition) is 1. The summed E-state index contributed by atoms with van der Waals surface area (Å²) >= 11 is 0. The smallest absolute Gasteiger partial charge is 0.258 e. The quantitative estimate of drug-likeness (QED) is 0.618. The maximum absolute atomic E-state index is 10.7. The van der Waals surface area contributed by atoms with Crippen LogP contribution in [0.5, 0.6) is 0 Å². The van der Waals surface area contributed by atoms with Gasteiger partial charge in [0, 0.05) is 5.56 Å². The van der Waals surface area contributed by atoms with E-state index in [0.29, 0.717) is 5.56 Å². The van der Waals surface area contributed by atoms with Crippen molar-refractivity contribution in [3.05, 3.63) is 39.4 Å². The van der Waals surface area contributed by atoms with Gasteiger partial charge in [-0.1, -0.05) is 12.1 Å². The van der Waals surface area contributed by atoms with Gasteiger partial charge in [-0.05, 0) is 13.0 Å². The lowest BCUT2D eigenvalue weighted by Gasteiger charge is -2.04. The fraction of sp³-hybridized carbons (Fsp3) is 0.250. The summed E-state index contributed by atoms with van der Waals surface area (Å²) in [5.74, 6) is 0. The van der Waals surface area contributed by atoms with Crippen LogP contribution in [-0.2, 0) is 21.1 Å². The van der Waals surface area contributed by atoms with Gasteiger partial charge in [0.25, 0.3) is 5.69 Å². The minimum Gasteiger partial charge on any atom is -0.258 e. The molecule has 0 atom stereocenters. The van der Waals surface area contributed by atoms with Gasteiger partial charge in [-0.3, -0.25) is 14.3 Å². The van der Waals surface area contributed by atoms with Crippen LogP contribution in [0, 0.1) is 17.0 Å². The molecule has 88 valence electrons. The van der Waals surface area contributed by atoms with E-state index in [-0.39, 0.29) is 11.3 Å². The molecule has 1 aromatic carbocycles. The van der Waals surface area contributed by atoms with E-state index in [4.69, 9.17) is 0 Å². The molecule has 0 bridgehead atoms. The van der Waals surface area contributed by atoms with Gasteiger partial charge >= 0.3 is 10.3 Å². The maximum Gasteiger partial charge on any atom is 0.333 e. The molecule has 0 aromatic heterocycles. The van der Waals surface area contributed by atoms with Crippen molar-refractivity contribution < 1.29 is 17.5 Å². The van der Waals surface area contributed by atoms with Gasteiger partial charge in [0.1, 0.15) is 0 Å². The number of para-hydroxylation sites is 1. The molecule has 0 radical (unpaired) electrons. The normalized spacial score (nSPS) is 11.4. The lowest BCUT2D eigenvalue weighted by atomic mass is 10.1. The lowest BCUT2D eigenvalue weighted by Crippen LogP contribution is -2.16. The second kappa shape index (κ2) is 4.56. The third-order valence-corrected chi connectivity index (χ3v) is 2.33. The third-order valence-electron chi connectivity index (χ3n) is 1.88. The Hall–Kier alpha value is -1.51. The summed E-state index contributed by atoms with van der Waals surface area (Å²) in [6.45, 7) is 1.11. The van der Waals surface area contributed by atoms with E-state index >= 15 is 0 Å². The molecule has 2 N–H and O–H groups in total. The number of benzene rings is 1. The van der Waals surface area contributed by atoms with Crippen LogP contribution in [0.15, 0.2) is 18.2 Å². The second-order valence-corrected chi connectivity index (χ2v) is 4.32. The van der Waals surface area contributed by atoms with Crippen LogP contribution in [0.3, 0.4) is 0 Å². The van der Waals surface area contributed by atoms with Crippen molar-refractivity contribution in [1.29, 1.82) is 0 Å². The highest BCUT2D eigenvalue weighted by Crippen LogP contribution is 2.23. The molecule has 1 rings (SSSR count). The van der Waals surface area contributed by atoms with Crippen molar-refractivity contribution in [2.45, 2.75) is 13.5 Å². The number of nitrogens with two attached hydrogens (primary N) is 1. The Morgan fingerprint density at radius 2 is 2.12 bits per heavy atom. The highest BCUT2D eigenvalue weighted by molar-refractivity contribution is 7.84. The number of nitrogens with zero attached hydrogens (tertiary/aromatic N) is 1. The predicted molar refractivity (Wildman–Crippen MR) is 55.7 cm³/mol. The molecule has 0 amide bonds. The molecule has 0 fully saturated rings. The molecule has 0 saturated carbocycles. The molecular formula is C8H10N2O5S. The predicted octanol–water partition coefficient (Wildman–Crippen LogP) is 0.623. The van der Waals surface area contributed by atoms with Gasteiger partial charge in [-0.25, -0.2) is 5.14 Å². The van der Waals surface area contributed by atoms with Crippen molar-refractivity contribution in [2.75, 3.05) is 0 Å². The Morgan fingerprint density at radius 3 is 2.62 bits per heavy atom. The molecule has 0 aliphatic carbocycles. The maximum atomic E-state index is 10.7. The van der Waals surface area contributed by atoms with E-state index in [0.717, 1.165) is 0 Å². The molecule has 16 heavy (non-hydrogen) atoms. The number of nitro benzene ring substituents is 1. The van der Waals surface area contributed by atoms with Gasteiger partial charge in [-0.15, -0.1) is 0 Å². The van der Waals surface area contributed by atoms with E-state index in [9.17, 15) is 18.5 Å². The molecule has 8 heteroatoms. The van der Waals surface area contributed by atoms with Crippen LogP contribution in [0.2, 0.25) is 0 Å². The summed E-state index contributed by atoms with van der Waals surface area (Å²) in [4.78, 5) is 10.2. The van der Waals surface area contributed by atoms with Gasteiger partial charge in [0.15, 0.2) is 0 Å². The Bertz CT molecular complexity index is 511. The van der Waals surface area contributed by atoms with Crippen LogP contribution < -0.4 is 5.14 Å². The van der Waals surface area contributed by atoms with Crippen LogP contribution in [0.1, 0.15) is 11.1 Å². The van der Waals surface area contributed by atoms with E-state index in [1.54, 1.807) is 19.1 Å². The van der Waals surface area contributed by atoms with E-state index in [1.807, 2.05) is 0 Å². The molecule has 0 saturated heterocycles. The van der Waals surface area contributed by atoms with Crippen molar-refractivity contribution in [3.63, 3.8) is 0 Å². The molecule has 1 aromatic rings. The zero-order valence-corrected chi connectivity index (χ0v) is 9.23. The fourth-order valence-corrected chi connectivity index (χ4v) is 1.53. The number of nitro groups is 1. The third kappa shape index (κ3) is 3.26. The summed E-state index contributed by atoms with van der Waals surface area (Å²) in [5, 5.41) is 15.4. The minimum absolute atomic E-state index is 0.161. The first kappa shape index (κ1) is 12.6. The zero-order valence-electron chi connectivity index (χ0n) is 8.41. The first-order valence-corrected chi connectivity index (χ1v) is 5.68. The molecule has 0 aliphatic rings. The average Bonchev–Trinajstić information content (AvgIpc) is 2.12. The SMILES string of the molecule is Cc1cccc(COS(N)(=O)=O)c1[N+](=O)[O-]. The van der Waals surface area contributed by atoms with Crippen LogP contribution in [-0.4, -0.2) is 13.3 Å². The van der Waals surface area contributed by atoms with Crippen LogP contribution >= 0.6 is 0 Å². The second-order valence-electron chi connectivity index (χ2n) is 3.09. The zero-order chi connectivity index (χ0) is 12.3. The number of rotatable bonds is 4. The Kier molecular flexibility index (Phi) is 3.58. The molecule has 0 spiro atoms. The standard InChI is InChI=1S/C8H10N2O5S/c1-6-3-2-4-7(8(6)10(11)12)5-15-16(9,13)14/h2-4H,5H2,1H3,(H2,9,13,14). The summed E-state index contributed by atoms with van der Waals surface area (Å²) < 4.78 is 25.4. The van der Waals surface area contributed by atoms with Crippen molar-refractivity contribution in [3.8, 4) is 0 Å². The monoisotopic (exact) mass is 246 g/mol. The fourth-order valence-electron chi connectivity index (χ4n) is 1.24. The largest absolute Gasteiger partial charge is 0.333 e. The van der Waals surface area contributed by atoms with E-state index < -0.39 is 21.8 Å². The molecule has 0 heterocycles. The first-order valence-electron chi connectivity index (χ1n) is 4.21. The van der Waals surface area contributed by atoms with Gasteiger partial charge in [-0.2, -0.15) is 8.42 Å². The Morgan fingerprint density at radius 1 is 1.50 bits per heavy atom. The van der Waals surface area contributed by atoms with Gasteiger partial charge in [0.05, 0.1) is 17.1 Å². The highest BCUT2D eigenvalue weighted by atomic mass is 32.2. The number of hydrogen-bond acceptors (Lipinski definition) is 5. The molecule has 0 unspecified atom stereocenters. The van der Waals surface area contributed by atoms with Crippen LogP contribution in [0.4, 0.5) is 5.69 Å². The van der Waals surface area contributed by atoms with Crippen molar-refractivity contribution >= 4 is 16.0 Å². The summed E-state index contributed by atoms with van der Waals surface area (Å²) in [6, 6.07) is 4.54. The average molecular weight is 246 g/mol. The summed E-state index contributed by atoms with van der Waals surface area (Å²) in [6.07, 6.45) is 0. The first-order chi connectivity index (χ1) is 7.31. The number of aryl methyl sites for hydroxylation is 1. The highest BCUT2D eigenvalue weighted by Gasteiger charge is 2.18. The van der Waals surface area contributed by atoms with Gasteiger partial charge in [0.2, 0.25) is 0 Å². The molecule has 0 aliphatic heterocycles. The lowest BCUT2D eigenvalue weighted by molar-refractivity contribution is -0.386. The van der Waals surface area contributed by atoms with E-state index in [1.165, 1.54) is 6.07 Å². The Labute approximate surface area is 92.2 Å². The van der Waals surface area contributed by atoms with E-state index in [2.05, 4.69) is 9.32 Å².